The molecular formula is C20H24ClNO2S. The van der Waals surface area contributed by atoms with Crippen LogP contribution in [0.2, 0.25) is 5.02 Å². The van der Waals surface area contributed by atoms with Crippen LogP contribution in [0.1, 0.15) is 24.8 Å². The Morgan fingerprint density at radius 2 is 1.96 bits per heavy atom. The summed E-state index contributed by atoms with van der Waals surface area (Å²) in [6, 6.07) is 15.8. The molecule has 0 heterocycles. The molecule has 0 atom stereocenters. The van der Waals surface area contributed by atoms with E-state index in [9.17, 15) is 4.79 Å². The highest BCUT2D eigenvalue weighted by Gasteiger charge is 2.02. The van der Waals surface area contributed by atoms with Crippen molar-refractivity contribution in [2.75, 3.05) is 19.4 Å². The van der Waals surface area contributed by atoms with E-state index in [0.29, 0.717) is 13.0 Å². The van der Waals surface area contributed by atoms with Gasteiger partial charge in [-0.1, -0.05) is 23.7 Å². The maximum Gasteiger partial charge on any atom is 0.220 e. The van der Waals surface area contributed by atoms with Crippen molar-refractivity contribution in [3.63, 3.8) is 0 Å². The highest BCUT2D eigenvalue weighted by molar-refractivity contribution is 7.99. The summed E-state index contributed by atoms with van der Waals surface area (Å²) in [6.45, 7) is 0.709. The molecule has 0 aliphatic rings. The Labute approximate surface area is 159 Å². The lowest BCUT2D eigenvalue weighted by molar-refractivity contribution is -0.121. The van der Waals surface area contributed by atoms with Crippen molar-refractivity contribution in [3.05, 3.63) is 59.1 Å². The van der Waals surface area contributed by atoms with Crippen molar-refractivity contribution < 1.29 is 9.53 Å². The Morgan fingerprint density at radius 1 is 1.16 bits per heavy atom. The average molecular weight is 378 g/mol. The fourth-order valence-electron chi connectivity index (χ4n) is 2.39. The minimum Gasteiger partial charge on any atom is -0.497 e. The van der Waals surface area contributed by atoms with Crippen LogP contribution in [0, 0.1) is 0 Å². The number of aryl methyl sites for hydroxylation is 1. The fourth-order valence-corrected chi connectivity index (χ4v) is 3.37. The van der Waals surface area contributed by atoms with Gasteiger partial charge in [-0.3, -0.25) is 4.79 Å². The van der Waals surface area contributed by atoms with Crippen LogP contribution in [0.3, 0.4) is 0 Å². The molecule has 25 heavy (non-hydrogen) atoms. The molecule has 0 unspecified atom stereocenters. The van der Waals surface area contributed by atoms with E-state index in [0.717, 1.165) is 35.8 Å². The monoisotopic (exact) mass is 377 g/mol. The minimum atomic E-state index is 0.127. The van der Waals surface area contributed by atoms with Crippen LogP contribution >= 0.6 is 23.4 Å². The summed E-state index contributed by atoms with van der Waals surface area (Å²) in [6.07, 6.45) is 3.30. The molecule has 0 saturated heterocycles. The van der Waals surface area contributed by atoms with E-state index < -0.39 is 0 Å². The maximum absolute atomic E-state index is 11.9. The van der Waals surface area contributed by atoms with Gasteiger partial charge in [-0.2, -0.15) is 0 Å². The van der Waals surface area contributed by atoms with Gasteiger partial charge >= 0.3 is 0 Å². The van der Waals surface area contributed by atoms with E-state index in [2.05, 4.69) is 11.4 Å². The number of nitrogens with one attached hydrogen (secondary N) is 1. The van der Waals surface area contributed by atoms with Crippen LogP contribution in [-0.2, 0) is 11.2 Å². The van der Waals surface area contributed by atoms with Crippen LogP contribution in [-0.4, -0.2) is 25.3 Å². The van der Waals surface area contributed by atoms with Crippen molar-refractivity contribution in [1.82, 2.24) is 5.32 Å². The first-order valence-corrected chi connectivity index (χ1v) is 9.82. The van der Waals surface area contributed by atoms with Gasteiger partial charge in [0.15, 0.2) is 0 Å². The summed E-state index contributed by atoms with van der Waals surface area (Å²) in [5, 5.41) is 3.74. The summed E-state index contributed by atoms with van der Waals surface area (Å²) < 4.78 is 5.21. The minimum absolute atomic E-state index is 0.127. The van der Waals surface area contributed by atoms with E-state index in [1.54, 1.807) is 18.9 Å². The zero-order chi connectivity index (χ0) is 17.9. The van der Waals surface area contributed by atoms with Crippen LogP contribution in [0.4, 0.5) is 0 Å². The predicted molar refractivity (Wildman–Crippen MR) is 106 cm³/mol. The van der Waals surface area contributed by atoms with Gasteiger partial charge in [0.2, 0.25) is 5.91 Å². The molecule has 2 aromatic carbocycles. The number of ether oxygens (including phenoxy) is 1. The quantitative estimate of drug-likeness (QED) is 0.469. The van der Waals surface area contributed by atoms with Crippen LogP contribution in [0.15, 0.2) is 53.4 Å². The summed E-state index contributed by atoms with van der Waals surface area (Å²) in [5.41, 5.74) is 1.23. The second-order valence-electron chi connectivity index (χ2n) is 5.71. The van der Waals surface area contributed by atoms with E-state index in [1.807, 2.05) is 42.5 Å². The SMILES string of the molecule is COc1cccc(CCCNC(=O)CCCSc2ccc(Cl)cc2)c1. The highest BCUT2D eigenvalue weighted by atomic mass is 35.5. The third kappa shape index (κ3) is 7.84. The van der Waals surface area contributed by atoms with Gasteiger partial charge in [0.05, 0.1) is 7.11 Å². The van der Waals surface area contributed by atoms with Crippen molar-refractivity contribution in [2.45, 2.75) is 30.6 Å². The molecule has 0 bridgehead atoms. The molecule has 0 aliphatic heterocycles. The number of benzene rings is 2. The molecular weight excluding hydrogens is 354 g/mol. The molecule has 2 aromatic rings. The molecule has 0 radical (unpaired) electrons. The second-order valence-corrected chi connectivity index (χ2v) is 7.32. The first-order chi connectivity index (χ1) is 12.2. The van der Waals surface area contributed by atoms with Crippen molar-refractivity contribution in [2.24, 2.45) is 0 Å². The van der Waals surface area contributed by atoms with E-state index >= 15 is 0 Å². The lowest BCUT2D eigenvalue weighted by Gasteiger charge is -2.07. The third-order valence-corrected chi connectivity index (χ3v) is 5.08. The Hall–Kier alpha value is -1.65. The Kier molecular flexibility index (Phi) is 8.70. The van der Waals surface area contributed by atoms with E-state index in [1.165, 1.54) is 10.5 Å². The smallest absolute Gasteiger partial charge is 0.220 e. The van der Waals surface area contributed by atoms with Crippen LogP contribution in [0.5, 0.6) is 5.75 Å². The molecule has 134 valence electrons. The molecule has 2 rings (SSSR count). The Bertz CT molecular complexity index is 661. The number of hydrogen-bond donors (Lipinski definition) is 1. The third-order valence-electron chi connectivity index (χ3n) is 3.73. The lowest BCUT2D eigenvalue weighted by atomic mass is 10.1. The number of halogens is 1. The topological polar surface area (TPSA) is 38.3 Å². The number of rotatable bonds is 10. The molecule has 3 nitrogen and oxygen atoms in total. The van der Waals surface area contributed by atoms with Crippen LogP contribution < -0.4 is 10.1 Å². The zero-order valence-electron chi connectivity index (χ0n) is 14.5. The standard InChI is InChI=1S/C20H24ClNO2S/c1-24-18-7-2-5-16(15-18)6-3-13-22-20(23)8-4-14-25-19-11-9-17(21)10-12-19/h2,5,7,9-12,15H,3-4,6,8,13-14H2,1H3,(H,22,23). The maximum atomic E-state index is 11.9. The van der Waals surface area contributed by atoms with Gasteiger partial charge in [-0.25, -0.2) is 0 Å². The zero-order valence-corrected chi connectivity index (χ0v) is 16.0. The van der Waals surface area contributed by atoms with Gasteiger partial charge in [-0.15, -0.1) is 11.8 Å². The molecule has 1 amide bonds. The summed E-state index contributed by atoms with van der Waals surface area (Å²) >= 11 is 7.61. The fraction of sp³-hybridized carbons (Fsp3) is 0.350. The number of carbonyl (C=O) groups is 1. The van der Waals surface area contributed by atoms with Gasteiger partial charge in [-0.05, 0) is 67.0 Å². The number of methoxy groups -OCH3 is 1. The number of amides is 1. The molecule has 0 fully saturated rings. The second kappa shape index (κ2) is 11.1. The summed E-state index contributed by atoms with van der Waals surface area (Å²) in [4.78, 5) is 13.0. The van der Waals surface area contributed by atoms with Gasteiger partial charge in [0, 0.05) is 22.9 Å². The highest BCUT2D eigenvalue weighted by Crippen LogP contribution is 2.21. The van der Waals surface area contributed by atoms with Crippen molar-refractivity contribution in [1.29, 1.82) is 0 Å². The summed E-state index contributed by atoms with van der Waals surface area (Å²) in [5.74, 6) is 1.93. The van der Waals surface area contributed by atoms with Crippen molar-refractivity contribution >= 4 is 29.3 Å². The largest absolute Gasteiger partial charge is 0.497 e. The van der Waals surface area contributed by atoms with Gasteiger partial charge in [0.25, 0.3) is 0 Å². The van der Waals surface area contributed by atoms with Crippen molar-refractivity contribution in [3.8, 4) is 5.75 Å². The molecule has 0 aromatic heterocycles. The van der Waals surface area contributed by atoms with E-state index in [-0.39, 0.29) is 5.91 Å². The first kappa shape index (κ1) is 19.7. The first-order valence-electron chi connectivity index (χ1n) is 8.45. The Morgan fingerprint density at radius 3 is 2.72 bits per heavy atom. The summed E-state index contributed by atoms with van der Waals surface area (Å²) in [7, 11) is 1.67. The predicted octanol–water partition coefficient (Wildman–Crippen LogP) is 4.97. The number of hydrogen-bond acceptors (Lipinski definition) is 3. The average Bonchev–Trinajstić information content (AvgIpc) is 2.64. The van der Waals surface area contributed by atoms with E-state index in [4.69, 9.17) is 16.3 Å². The molecule has 0 saturated carbocycles. The number of thioether (sulfide) groups is 1. The molecule has 5 heteroatoms. The number of carbonyl (C=O) groups excluding carboxylic acids is 1. The molecule has 1 N–H and O–H groups in total. The van der Waals surface area contributed by atoms with Gasteiger partial charge in [0.1, 0.15) is 5.75 Å². The molecule has 0 spiro atoms. The van der Waals surface area contributed by atoms with Gasteiger partial charge < -0.3 is 10.1 Å². The molecule has 0 aliphatic carbocycles. The Balaban J connectivity index is 1.54. The normalized spacial score (nSPS) is 10.5. The lowest BCUT2D eigenvalue weighted by Crippen LogP contribution is -2.24. The van der Waals surface area contributed by atoms with Crippen LogP contribution in [0.25, 0.3) is 0 Å².